The zero-order valence-electron chi connectivity index (χ0n) is 22.5. The fraction of sp³-hybridized carbons (Fsp3) is 0.484. The molecule has 2 aromatic rings. The third kappa shape index (κ3) is 5.52. The van der Waals surface area contributed by atoms with E-state index in [1.165, 1.54) is 16.0 Å². The van der Waals surface area contributed by atoms with Crippen molar-refractivity contribution in [2.24, 2.45) is 0 Å². The first-order chi connectivity index (χ1) is 18.7. The highest BCUT2D eigenvalue weighted by Gasteiger charge is 2.44. The number of fused-ring (bicyclic) bond motifs is 3. The molecule has 1 spiro atoms. The van der Waals surface area contributed by atoms with Gasteiger partial charge in [-0.1, -0.05) is 35.9 Å². The van der Waals surface area contributed by atoms with Gasteiger partial charge in [0, 0.05) is 37.1 Å². The summed E-state index contributed by atoms with van der Waals surface area (Å²) in [5.74, 6) is -1.20. The molecule has 0 saturated heterocycles. The minimum Gasteiger partial charge on any atom is -0.490 e. The van der Waals surface area contributed by atoms with Gasteiger partial charge in [-0.3, -0.25) is 4.79 Å². The molecular weight excluding hydrogens is 516 g/mol. The van der Waals surface area contributed by atoms with Crippen LogP contribution in [0.3, 0.4) is 0 Å². The van der Waals surface area contributed by atoms with Crippen LogP contribution in [0.25, 0.3) is 0 Å². The van der Waals surface area contributed by atoms with Gasteiger partial charge in [0.1, 0.15) is 5.75 Å². The summed E-state index contributed by atoms with van der Waals surface area (Å²) in [5.41, 5.74) is 0.872. The highest BCUT2D eigenvalue weighted by atomic mass is 35.5. The molecule has 1 amide bonds. The molecule has 2 N–H and O–H groups in total. The summed E-state index contributed by atoms with van der Waals surface area (Å²) in [6, 6.07) is 11.2. The summed E-state index contributed by atoms with van der Waals surface area (Å²) in [5, 5.41) is 22.3. The molecule has 0 unspecified atom stereocenters. The number of nitrogens with zero attached hydrogens (tertiary/aromatic N) is 2. The molecule has 0 aromatic heterocycles. The third-order valence-electron chi connectivity index (χ3n) is 8.55. The second-order valence-electron chi connectivity index (χ2n) is 11.2. The number of carbonyl (C=O) groups is 2. The Morgan fingerprint density at radius 1 is 1.05 bits per heavy atom. The van der Waals surface area contributed by atoms with Gasteiger partial charge in [0.25, 0.3) is 0 Å². The van der Waals surface area contributed by atoms with Crippen molar-refractivity contribution in [2.45, 2.75) is 62.4 Å². The maximum Gasteiger partial charge on any atom is 0.340 e. The van der Waals surface area contributed by atoms with Crippen LogP contribution in [-0.2, 0) is 27.0 Å². The molecule has 2 heterocycles. The van der Waals surface area contributed by atoms with Gasteiger partial charge in [0.2, 0.25) is 5.91 Å². The number of aliphatic hydroxyl groups is 1. The van der Waals surface area contributed by atoms with Crippen LogP contribution < -0.4 is 9.64 Å². The van der Waals surface area contributed by atoms with Crippen LogP contribution in [0.5, 0.6) is 5.75 Å². The van der Waals surface area contributed by atoms with Crippen LogP contribution in [0.2, 0.25) is 5.02 Å². The van der Waals surface area contributed by atoms with Crippen molar-refractivity contribution in [1.29, 1.82) is 0 Å². The molecule has 2 atom stereocenters. The summed E-state index contributed by atoms with van der Waals surface area (Å²) in [6.45, 7) is 2.44. The summed E-state index contributed by atoms with van der Waals surface area (Å²) in [7, 11) is 1.64. The lowest BCUT2D eigenvalue weighted by atomic mass is 9.70. The highest BCUT2D eigenvalue weighted by Crippen LogP contribution is 2.45. The van der Waals surface area contributed by atoms with E-state index in [-0.39, 0.29) is 11.0 Å². The van der Waals surface area contributed by atoms with Crippen molar-refractivity contribution in [3.05, 3.63) is 70.3 Å². The lowest BCUT2D eigenvalue weighted by Gasteiger charge is -2.41. The summed E-state index contributed by atoms with van der Waals surface area (Å²) in [6.07, 6.45) is 10.3. The molecule has 3 aliphatic rings. The standard InChI is InChI=1S/C31H37ClN2O5/c1-33-15-6-4-2-3-5-7-16-34-20-30(14-8-9-22-17-24(32)11-12-25(22)30)21-39-27-13-10-23(18-26(27)34)31(38,29(36)37)19-28(33)35/h2,4,10-13,17-18,38H,3,5-9,14-16,19-21H2,1H3,(H,36,37)/b4-2-/t30-,31-/m0/s1. The van der Waals surface area contributed by atoms with Gasteiger partial charge in [0.05, 0.1) is 18.7 Å². The highest BCUT2D eigenvalue weighted by molar-refractivity contribution is 6.30. The molecular formula is C31H37ClN2O5. The number of carboxylic acid groups (broad SMARTS) is 1. The summed E-state index contributed by atoms with van der Waals surface area (Å²) < 4.78 is 6.47. The number of aryl methyl sites for hydroxylation is 1. The summed E-state index contributed by atoms with van der Waals surface area (Å²) >= 11 is 6.35. The fourth-order valence-electron chi connectivity index (χ4n) is 6.26. The molecule has 2 aromatic carbocycles. The van der Waals surface area contributed by atoms with E-state index in [9.17, 15) is 19.8 Å². The Bertz CT molecular complexity index is 1280. The Morgan fingerprint density at radius 2 is 1.87 bits per heavy atom. The first-order valence-electron chi connectivity index (χ1n) is 13.9. The van der Waals surface area contributed by atoms with Crippen LogP contribution >= 0.6 is 11.6 Å². The van der Waals surface area contributed by atoms with E-state index >= 15 is 0 Å². The molecule has 39 heavy (non-hydrogen) atoms. The molecule has 2 bridgehead atoms. The number of anilines is 1. The number of carbonyl (C=O) groups excluding carboxylic acids is 1. The second-order valence-corrected chi connectivity index (χ2v) is 11.7. The topological polar surface area (TPSA) is 90.3 Å². The minimum atomic E-state index is -2.35. The van der Waals surface area contributed by atoms with Crippen molar-refractivity contribution in [2.75, 3.05) is 38.2 Å². The molecule has 5 rings (SSSR count). The van der Waals surface area contributed by atoms with Gasteiger partial charge in [0.15, 0.2) is 5.60 Å². The van der Waals surface area contributed by atoms with Crippen molar-refractivity contribution in [1.82, 2.24) is 4.90 Å². The Hall–Kier alpha value is -3.03. The minimum absolute atomic E-state index is 0.183. The molecule has 0 saturated carbocycles. The molecule has 8 heteroatoms. The molecule has 0 radical (unpaired) electrons. The zero-order valence-corrected chi connectivity index (χ0v) is 23.3. The molecule has 7 nitrogen and oxygen atoms in total. The zero-order chi connectivity index (χ0) is 27.6. The predicted molar refractivity (Wildman–Crippen MR) is 152 cm³/mol. The van der Waals surface area contributed by atoms with E-state index in [4.69, 9.17) is 16.3 Å². The number of aliphatic carboxylic acids is 1. The first kappa shape index (κ1) is 27.5. The van der Waals surface area contributed by atoms with Crippen LogP contribution in [0.15, 0.2) is 48.6 Å². The number of benzene rings is 2. The van der Waals surface area contributed by atoms with Crippen LogP contribution in [0, 0.1) is 0 Å². The molecule has 2 aliphatic heterocycles. The van der Waals surface area contributed by atoms with E-state index in [2.05, 4.69) is 29.2 Å². The van der Waals surface area contributed by atoms with E-state index in [0.717, 1.165) is 55.8 Å². The Labute approximate surface area is 235 Å². The van der Waals surface area contributed by atoms with Gasteiger partial charge in [-0.05, 0) is 85.9 Å². The molecule has 208 valence electrons. The number of allylic oxidation sites excluding steroid dienone is 1. The Balaban J connectivity index is 1.57. The lowest BCUT2D eigenvalue weighted by molar-refractivity contribution is -0.164. The average Bonchev–Trinajstić information content (AvgIpc) is 3.06. The van der Waals surface area contributed by atoms with Gasteiger partial charge < -0.3 is 24.7 Å². The maximum atomic E-state index is 13.0. The number of carboxylic acids is 1. The largest absolute Gasteiger partial charge is 0.490 e. The monoisotopic (exact) mass is 552 g/mol. The van der Waals surface area contributed by atoms with Gasteiger partial charge in [-0.15, -0.1) is 0 Å². The number of ether oxygens (including phenoxy) is 1. The van der Waals surface area contributed by atoms with Crippen molar-refractivity contribution >= 4 is 29.2 Å². The van der Waals surface area contributed by atoms with E-state index in [1.807, 2.05) is 6.07 Å². The van der Waals surface area contributed by atoms with Gasteiger partial charge >= 0.3 is 5.97 Å². The van der Waals surface area contributed by atoms with Crippen LogP contribution in [0.1, 0.15) is 61.6 Å². The molecule has 1 aliphatic carbocycles. The van der Waals surface area contributed by atoms with Gasteiger partial charge in [-0.25, -0.2) is 4.79 Å². The van der Waals surface area contributed by atoms with E-state index < -0.39 is 23.9 Å². The Kier molecular flexibility index (Phi) is 7.92. The first-order valence-corrected chi connectivity index (χ1v) is 14.3. The lowest BCUT2D eigenvalue weighted by Crippen LogP contribution is -2.46. The number of halogens is 1. The van der Waals surface area contributed by atoms with Crippen LogP contribution in [0.4, 0.5) is 5.69 Å². The predicted octanol–water partition coefficient (Wildman–Crippen LogP) is 5.06. The normalized spacial score (nSPS) is 26.9. The third-order valence-corrected chi connectivity index (χ3v) is 8.78. The SMILES string of the molecule is CN1CC/C=C\CCCCN2C[C@@]3(CCCc4cc(Cl)ccc43)COc3ccc(cc32)[C@](O)(C(=O)O)CC1=O. The quantitative estimate of drug-likeness (QED) is 0.480. The number of rotatable bonds is 1. The molecule has 0 fully saturated rings. The van der Waals surface area contributed by atoms with Crippen molar-refractivity contribution in [3.8, 4) is 5.75 Å². The van der Waals surface area contributed by atoms with Gasteiger partial charge in [-0.2, -0.15) is 0 Å². The van der Waals surface area contributed by atoms with Crippen molar-refractivity contribution < 1.29 is 24.5 Å². The smallest absolute Gasteiger partial charge is 0.340 e. The summed E-state index contributed by atoms with van der Waals surface area (Å²) in [4.78, 5) is 29.1. The fourth-order valence-corrected chi connectivity index (χ4v) is 6.45. The number of hydrogen-bond donors (Lipinski definition) is 2. The number of amides is 1. The average molecular weight is 553 g/mol. The van der Waals surface area contributed by atoms with E-state index in [0.29, 0.717) is 31.9 Å². The second kappa shape index (κ2) is 11.2. The van der Waals surface area contributed by atoms with Crippen molar-refractivity contribution in [3.63, 3.8) is 0 Å². The van der Waals surface area contributed by atoms with E-state index in [1.54, 1.807) is 25.2 Å². The number of hydrogen-bond acceptors (Lipinski definition) is 5. The maximum absolute atomic E-state index is 13.0. The Morgan fingerprint density at radius 3 is 2.69 bits per heavy atom. The van der Waals surface area contributed by atoms with Crippen LogP contribution in [-0.4, -0.2) is 60.3 Å².